The fourth-order valence-electron chi connectivity index (χ4n) is 10.1. The lowest BCUT2D eigenvalue weighted by Gasteiger charge is -2.61. The number of aliphatic hydroxyl groups excluding tert-OH is 1. The van der Waals surface area contributed by atoms with Crippen LogP contribution >= 0.6 is 0 Å². The van der Waals surface area contributed by atoms with Crippen molar-refractivity contribution in [2.75, 3.05) is 0 Å². The van der Waals surface area contributed by atoms with Crippen LogP contribution in [0.3, 0.4) is 0 Å². The van der Waals surface area contributed by atoms with Gasteiger partial charge in [0.2, 0.25) is 0 Å². The molecule has 1 aromatic rings. The van der Waals surface area contributed by atoms with E-state index in [9.17, 15) is 5.11 Å². The van der Waals surface area contributed by atoms with E-state index < -0.39 is 0 Å². The summed E-state index contributed by atoms with van der Waals surface area (Å²) in [5.41, 5.74) is 3.48. The SMILES string of the molecule is CC(C)CCC[C@@H](C)C1CCC2C3CC[C@H]4CC(O)/C(=C\c5ccccc5)CC4(C)C3CCC21C. The standard InChI is InChI=1S/C34H52O/c1-23(2)10-9-11-24(3)29-16-17-30-28-15-14-27-21-32(35)26(20-25-12-7-6-8-13-25)22-34(27,5)31(28)18-19-33(29,30)4/h6-8,12-13,20,23-24,27-32,35H,9-11,14-19,21-22H2,1-5H3/b26-20-/t24-,27+,28?,29?,30?,31?,32?,33?,34?/m1/s1. The fraction of sp³-hybridized carbons (Fsp3) is 0.765. The van der Waals surface area contributed by atoms with E-state index in [0.717, 1.165) is 48.3 Å². The second-order valence-corrected chi connectivity index (χ2v) is 14.2. The van der Waals surface area contributed by atoms with Gasteiger partial charge in [-0.3, -0.25) is 0 Å². The predicted molar refractivity (Wildman–Crippen MR) is 149 cm³/mol. The van der Waals surface area contributed by atoms with Crippen LogP contribution in [-0.4, -0.2) is 11.2 Å². The summed E-state index contributed by atoms with van der Waals surface area (Å²) in [6, 6.07) is 10.7. The quantitative estimate of drug-likeness (QED) is 0.434. The molecule has 1 nitrogen and oxygen atoms in total. The van der Waals surface area contributed by atoms with Crippen molar-refractivity contribution in [3.05, 3.63) is 41.5 Å². The molecule has 0 saturated heterocycles. The highest BCUT2D eigenvalue weighted by atomic mass is 16.3. The number of benzene rings is 1. The molecular formula is C34H52O. The van der Waals surface area contributed by atoms with Crippen LogP contribution in [0.5, 0.6) is 0 Å². The Hall–Kier alpha value is -1.08. The highest BCUT2D eigenvalue weighted by molar-refractivity contribution is 5.54. The lowest BCUT2D eigenvalue weighted by molar-refractivity contribution is -0.117. The van der Waals surface area contributed by atoms with E-state index in [1.165, 1.54) is 68.9 Å². The van der Waals surface area contributed by atoms with Gasteiger partial charge < -0.3 is 5.11 Å². The van der Waals surface area contributed by atoms with Crippen molar-refractivity contribution in [3.8, 4) is 0 Å². The van der Waals surface area contributed by atoms with Crippen LogP contribution in [-0.2, 0) is 0 Å². The van der Waals surface area contributed by atoms with Crippen LogP contribution in [0.25, 0.3) is 6.08 Å². The Morgan fingerprint density at radius 1 is 0.914 bits per heavy atom. The molecule has 194 valence electrons. The van der Waals surface area contributed by atoms with Crippen molar-refractivity contribution in [1.82, 2.24) is 0 Å². The molecule has 0 heterocycles. The van der Waals surface area contributed by atoms with Gasteiger partial charge in [0.05, 0.1) is 6.10 Å². The van der Waals surface area contributed by atoms with Gasteiger partial charge in [0.1, 0.15) is 0 Å². The molecule has 9 atom stereocenters. The molecule has 4 aliphatic rings. The molecular weight excluding hydrogens is 424 g/mol. The van der Waals surface area contributed by atoms with Gasteiger partial charge in [-0.1, -0.05) is 90.3 Å². The van der Waals surface area contributed by atoms with E-state index in [1.807, 2.05) is 0 Å². The molecule has 5 rings (SSSR count). The maximum absolute atomic E-state index is 11.1. The Morgan fingerprint density at radius 2 is 1.66 bits per heavy atom. The fourth-order valence-corrected chi connectivity index (χ4v) is 10.1. The topological polar surface area (TPSA) is 20.2 Å². The predicted octanol–water partition coefficient (Wildman–Crippen LogP) is 9.16. The monoisotopic (exact) mass is 476 g/mol. The lowest BCUT2D eigenvalue weighted by atomic mass is 9.44. The maximum atomic E-state index is 11.1. The number of rotatable bonds is 6. The molecule has 4 fully saturated rings. The molecule has 4 saturated carbocycles. The summed E-state index contributed by atoms with van der Waals surface area (Å²) >= 11 is 0. The highest BCUT2D eigenvalue weighted by Gasteiger charge is 2.60. The van der Waals surface area contributed by atoms with E-state index in [1.54, 1.807) is 0 Å². The summed E-state index contributed by atoms with van der Waals surface area (Å²) in [7, 11) is 0. The van der Waals surface area contributed by atoms with Gasteiger partial charge in [-0.25, -0.2) is 0 Å². The molecule has 35 heavy (non-hydrogen) atoms. The number of aliphatic hydroxyl groups is 1. The summed E-state index contributed by atoms with van der Waals surface area (Å²) < 4.78 is 0. The molecule has 0 bridgehead atoms. The molecule has 0 spiro atoms. The van der Waals surface area contributed by atoms with E-state index in [-0.39, 0.29) is 6.10 Å². The first-order valence-corrected chi connectivity index (χ1v) is 15.2. The van der Waals surface area contributed by atoms with Gasteiger partial charge in [-0.2, -0.15) is 0 Å². The second kappa shape index (κ2) is 10.00. The van der Waals surface area contributed by atoms with Crippen LogP contribution in [0.1, 0.15) is 111 Å². The number of fused-ring (bicyclic) bond motifs is 5. The Morgan fingerprint density at radius 3 is 2.40 bits per heavy atom. The van der Waals surface area contributed by atoms with Crippen molar-refractivity contribution in [1.29, 1.82) is 0 Å². The second-order valence-electron chi connectivity index (χ2n) is 14.2. The molecule has 7 unspecified atom stereocenters. The van der Waals surface area contributed by atoms with Crippen LogP contribution in [0, 0.1) is 52.3 Å². The van der Waals surface area contributed by atoms with Gasteiger partial charge >= 0.3 is 0 Å². The first-order chi connectivity index (χ1) is 16.7. The molecule has 1 heteroatoms. The summed E-state index contributed by atoms with van der Waals surface area (Å²) in [4.78, 5) is 0. The molecule has 1 N–H and O–H groups in total. The Bertz CT molecular complexity index is 885. The average molecular weight is 477 g/mol. The number of hydrogen-bond donors (Lipinski definition) is 1. The summed E-state index contributed by atoms with van der Waals surface area (Å²) in [5, 5.41) is 11.1. The van der Waals surface area contributed by atoms with Crippen LogP contribution < -0.4 is 0 Å². The van der Waals surface area contributed by atoms with Crippen LogP contribution in [0.4, 0.5) is 0 Å². The summed E-state index contributed by atoms with van der Waals surface area (Å²) in [6.07, 6.45) is 17.0. The molecule has 0 radical (unpaired) electrons. The molecule has 0 aliphatic heterocycles. The van der Waals surface area contributed by atoms with Crippen molar-refractivity contribution >= 4 is 6.08 Å². The maximum Gasteiger partial charge on any atom is 0.0756 e. The zero-order chi connectivity index (χ0) is 24.8. The summed E-state index contributed by atoms with van der Waals surface area (Å²) in [6.45, 7) is 12.7. The van der Waals surface area contributed by atoms with Crippen molar-refractivity contribution in [3.63, 3.8) is 0 Å². The van der Waals surface area contributed by atoms with Gasteiger partial charge in [0.15, 0.2) is 0 Å². The molecule has 4 aliphatic carbocycles. The molecule has 0 amide bonds. The molecule has 0 aromatic heterocycles. The van der Waals surface area contributed by atoms with E-state index >= 15 is 0 Å². The van der Waals surface area contributed by atoms with E-state index in [0.29, 0.717) is 16.7 Å². The van der Waals surface area contributed by atoms with Gasteiger partial charge in [-0.05, 0) is 115 Å². The third kappa shape index (κ3) is 4.69. The van der Waals surface area contributed by atoms with Gasteiger partial charge in [-0.15, -0.1) is 0 Å². The van der Waals surface area contributed by atoms with Gasteiger partial charge in [0.25, 0.3) is 0 Å². The van der Waals surface area contributed by atoms with Crippen molar-refractivity contribution in [2.24, 2.45) is 52.3 Å². The lowest BCUT2D eigenvalue weighted by Crippen LogP contribution is -2.54. The van der Waals surface area contributed by atoms with E-state index in [4.69, 9.17) is 0 Å². The largest absolute Gasteiger partial charge is 0.389 e. The highest BCUT2D eigenvalue weighted by Crippen LogP contribution is 2.68. The van der Waals surface area contributed by atoms with Crippen LogP contribution in [0.2, 0.25) is 0 Å². The minimum atomic E-state index is -0.249. The first-order valence-electron chi connectivity index (χ1n) is 15.2. The summed E-state index contributed by atoms with van der Waals surface area (Å²) in [5.74, 6) is 6.06. The zero-order valence-corrected chi connectivity index (χ0v) is 23.3. The third-order valence-electron chi connectivity index (χ3n) is 11.9. The Balaban J connectivity index is 1.33. The van der Waals surface area contributed by atoms with E-state index in [2.05, 4.69) is 71.0 Å². The smallest absolute Gasteiger partial charge is 0.0756 e. The zero-order valence-electron chi connectivity index (χ0n) is 23.3. The minimum Gasteiger partial charge on any atom is -0.389 e. The Kier molecular flexibility index (Phi) is 7.30. The van der Waals surface area contributed by atoms with Crippen LogP contribution in [0.15, 0.2) is 35.9 Å². The normalized spacial score (nSPS) is 43.0. The average Bonchev–Trinajstić information content (AvgIpc) is 3.18. The number of hydrogen-bond acceptors (Lipinski definition) is 1. The van der Waals surface area contributed by atoms with Crippen molar-refractivity contribution < 1.29 is 5.11 Å². The first kappa shape index (κ1) is 25.6. The molecule has 1 aromatic carbocycles. The van der Waals surface area contributed by atoms with Crippen molar-refractivity contribution in [2.45, 2.75) is 111 Å². The Labute approximate surface area is 216 Å². The van der Waals surface area contributed by atoms with Gasteiger partial charge in [0, 0.05) is 0 Å². The minimum absolute atomic E-state index is 0.249. The third-order valence-corrected chi connectivity index (χ3v) is 11.9.